The topological polar surface area (TPSA) is 79.4 Å². The van der Waals surface area contributed by atoms with Gasteiger partial charge in [-0.2, -0.15) is 4.98 Å². The van der Waals surface area contributed by atoms with Crippen LogP contribution in [0.2, 0.25) is 0 Å². The van der Waals surface area contributed by atoms with Crippen molar-refractivity contribution in [3.63, 3.8) is 0 Å². The highest BCUT2D eigenvalue weighted by Gasteiger charge is 2.50. The fraction of sp³-hybridized carbons (Fsp3) is 0.684. The normalized spacial score (nSPS) is 27.1. The van der Waals surface area contributed by atoms with Gasteiger partial charge in [0, 0.05) is 12.1 Å². The van der Waals surface area contributed by atoms with Crippen LogP contribution in [0.4, 0.5) is 10.2 Å². The molecule has 146 valence electrons. The molecule has 1 aliphatic rings. The largest absolute Gasteiger partial charge is 0.383 e. The maximum atomic E-state index is 15.4. The van der Waals surface area contributed by atoms with Crippen molar-refractivity contribution in [2.24, 2.45) is 5.92 Å². The van der Waals surface area contributed by atoms with Crippen molar-refractivity contribution in [3.05, 3.63) is 34.9 Å². The minimum atomic E-state index is -1.45. The second kappa shape index (κ2) is 7.12. The molecule has 1 heterocycles. The van der Waals surface area contributed by atoms with Crippen molar-refractivity contribution < 1.29 is 13.9 Å². The van der Waals surface area contributed by atoms with Gasteiger partial charge in [-0.25, -0.2) is 9.18 Å². The van der Waals surface area contributed by atoms with Crippen LogP contribution in [0.5, 0.6) is 0 Å². The number of anilines is 1. The van der Waals surface area contributed by atoms with Crippen molar-refractivity contribution in [3.8, 4) is 0 Å². The van der Waals surface area contributed by atoms with E-state index in [2.05, 4.69) is 11.6 Å². The van der Waals surface area contributed by atoms with E-state index < -0.39 is 29.6 Å². The third-order valence-corrected chi connectivity index (χ3v) is 4.20. The number of alkyl halides is 1. The van der Waals surface area contributed by atoms with Gasteiger partial charge in [0.25, 0.3) is 0 Å². The summed E-state index contributed by atoms with van der Waals surface area (Å²) in [6.45, 7) is 15.7. The zero-order chi connectivity index (χ0) is 19.9. The highest BCUT2D eigenvalue weighted by molar-refractivity contribution is 5.27. The first-order chi connectivity index (χ1) is 11.8. The molecule has 1 aromatic rings. The summed E-state index contributed by atoms with van der Waals surface area (Å²) in [5.41, 5.74) is 4.57. The van der Waals surface area contributed by atoms with E-state index in [4.69, 9.17) is 15.2 Å². The molecule has 1 aliphatic carbocycles. The zero-order valence-corrected chi connectivity index (χ0v) is 16.5. The molecule has 6 nitrogen and oxygen atoms in total. The van der Waals surface area contributed by atoms with Gasteiger partial charge in [-0.1, -0.05) is 6.58 Å². The van der Waals surface area contributed by atoms with E-state index in [0.717, 1.165) is 0 Å². The molecule has 0 aliphatic heterocycles. The summed E-state index contributed by atoms with van der Waals surface area (Å²) in [5.74, 6) is -0.279. The predicted molar refractivity (Wildman–Crippen MR) is 99.8 cm³/mol. The number of nitrogen functional groups attached to an aromatic ring is 1. The number of ether oxygens (including phenoxy) is 2. The number of rotatable bonds is 4. The first kappa shape index (κ1) is 20.6. The zero-order valence-electron chi connectivity index (χ0n) is 16.5. The molecule has 2 N–H and O–H groups in total. The minimum absolute atomic E-state index is 0.0976. The molecule has 0 unspecified atom stereocenters. The number of hydrogen-bond acceptors (Lipinski definition) is 5. The second-order valence-corrected chi connectivity index (χ2v) is 8.73. The molecule has 1 saturated carbocycles. The van der Waals surface area contributed by atoms with E-state index in [1.807, 2.05) is 41.5 Å². The highest BCUT2D eigenvalue weighted by atomic mass is 19.1. The number of hydrogen-bond donors (Lipinski definition) is 1. The standard InChI is InChI=1S/C19H30FN3O3/c1-11-12(10-25-18(2,3)4)16(26-19(5,6)7)14(20)15(11)23-9-8-13(21)22-17(23)24/h8-9,12,14-16H,1,10H2,2-7H3,(H2,21,22,24)/t12-,14+,15+,16+/m0/s1. The van der Waals surface area contributed by atoms with Gasteiger partial charge in [0.1, 0.15) is 11.9 Å². The van der Waals surface area contributed by atoms with E-state index in [1.165, 1.54) is 16.8 Å². The lowest BCUT2D eigenvalue weighted by Crippen LogP contribution is -2.39. The van der Waals surface area contributed by atoms with Gasteiger partial charge in [-0.3, -0.25) is 4.57 Å². The molecular weight excluding hydrogens is 337 g/mol. The predicted octanol–water partition coefficient (Wildman–Crippen LogP) is 2.89. The Balaban J connectivity index is 2.39. The van der Waals surface area contributed by atoms with E-state index in [0.29, 0.717) is 5.57 Å². The summed E-state index contributed by atoms with van der Waals surface area (Å²) < 4.78 is 28.5. The quantitative estimate of drug-likeness (QED) is 0.828. The van der Waals surface area contributed by atoms with E-state index in [1.54, 1.807) is 0 Å². The Morgan fingerprint density at radius 2 is 1.88 bits per heavy atom. The van der Waals surface area contributed by atoms with Crippen LogP contribution >= 0.6 is 0 Å². The van der Waals surface area contributed by atoms with Crippen LogP contribution < -0.4 is 11.4 Å². The summed E-state index contributed by atoms with van der Waals surface area (Å²) in [6.07, 6.45) is -0.758. The van der Waals surface area contributed by atoms with E-state index in [9.17, 15) is 4.79 Å². The van der Waals surface area contributed by atoms with Crippen molar-refractivity contribution >= 4 is 5.82 Å². The fourth-order valence-corrected chi connectivity index (χ4v) is 3.10. The summed E-state index contributed by atoms with van der Waals surface area (Å²) in [4.78, 5) is 15.9. The molecular formula is C19H30FN3O3. The van der Waals surface area contributed by atoms with Gasteiger partial charge in [-0.05, 0) is 53.2 Å². The number of halogens is 1. The number of aromatic nitrogens is 2. The molecule has 26 heavy (non-hydrogen) atoms. The second-order valence-electron chi connectivity index (χ2n) is 8.73. The molecule has 0 bridgehead atoms. The maximum absolute atomic E-state index is 15.4. The molecule has 0 radical (unpaired) electrons. The highest BCUT2D eigenvalue weighted by Crippen LogP contribution is 2.44. The molecule has 7 heteroatoms. The van der Waals surface area contributed by atoms with Crippen molar-refractivity contribution in [1.29, 1.82) is 0 Å². The van der Waals surface area contributed by atoms with Crippen molar-refractivity contribution in [1.82, 2.24) is 9.55 Å². The number of nitrogens with zero attached hydrogens (tertiary/aromatic N) is 2. The van der Waals surface area contributed by atoms with Crippen LogP contribution in [0.25, 0.3) is 0 Å². The first-order valence-electron chi connectivity index (χ1n) is 8.79. The Morgan fingerprint density at radius 1 is 1.27 bits per heavy atom. The Bertz CT molecular complexity index is 718. The lowest BCUT2D eigenvalue weighted by Gasteiger charge is -2.31. The molecule has 2 rings (SSSR count). The van der Waals surface area contributed by atoms with Gasteiger partial charge >= 0.3 is 5.69 Å². The van der Waals surface area contributed by atoms with Crippen molar-refractivity contribution in [2.75, 3.05) is 12.3 Å². The average molecular weight is 367 g/mol. The lowest BCUT2D eigenvalue weighted by molar-refractivity contribution is -0.119. The van der Waals surface area contributed by atoms with Gasteiger partial charge in [0.2, 0.25) is 0 Å². The Morgan fingerprint density at radius 3 is 2.38 bits per heavy atom. The van der Waals surface area contributed by atoms with Gasteiger partial charge in [0.15, 0.2) is 6.17 Å². The SMILES string of the molecule is C=C1[C@@H](n2ccc(N)nc2=O)[C@@H](F)[C@H](OC(C)(C)C)[C@H]1COC(C)(C)C. The molecule has 0 saturated heterocycles. The van der Waals surface area contributed by atoms with Crippen LogP contribution in [0.3, 0.4) is 0 Å². The van der Waals surface area contributed by atoms with Gasteiger partial charge in [0.05, 0.1) is 23.9 Å². The summed E-state index contributed by atoms with van der Waals surface area (Å²) in [7, 11) is 0. The van der Waals surface area contributed by atoms with E-state index >= 15 is 4.39 Å². The molecule has 1 aromatic heterocycles. The van der Waals surface area contributed by atoms with Gasteiger partial charge in [-0.15, -0.1) is 0 Å². The molecule has 4 atom stereocenters. The van der Waals surface area contributed by atoms with Crippen LogP contribution in [-0.2, 0) is 9.47 Å². The average Bonchev–Trinajstić information content (AvgIpc) is 2.67. The van der Waals surface area contributed by atoms with Crippen LogP contribution in [-0.4, -0.2) is 39.6 Å². The Labute approximate surface area is 154 Å². The molecule has 0 aromatic carbocycles. The molecule has 1 fully saturated rings. The molecule has 0 amide bonds. The Hall–Kier alpha value is -1.73. The van der Waals surface area contributed by atoms with Crippen LogP contribution in [0.15, 0.2) is 29.2 Å². The van der Waals surface area contributed by atoms with Crippen LogP contribution in [0, 0.1) is 5.92 Å². The Kier molecular flexibility index (Phi) is 5.63. The summed E-state index contributed by atoms with van der Waals surface area (Å²) in [6, 6.07) is 0.608. The monoisotopic (exact) mass is 367 g/mol. The van der Waals surface area contributed by atoms with Crippen LogP contribution in [0.1, 0.15) is 47.6 Å². The smallest absolute Gasteiger partial charge is 0.350 e. The third kappa shape index (κ3) is 4.71. The molecule has 0 spiro atoms. The third-order valence-electron chi connectivity index (χ3n) is 4.20. The van der Waals surface area contributed by atoms with Crippen molar-refractivity contribution in [2.45, 2.75) is 71.1 Å². The maximum Gasteiger partial charge on any atom is 0.350 e. The minimum Gasteiger partial charge on any atom is -0.383 e. The van der Waals surface area contributed by atoms with Gasteiger partial charge < -0.3 is 15.2 Å². The van der Waals surface area contributed by atoms with E-state index in [-0.39, 0.29) is 23.9 Å². The summed E-state index contributed by atoms with van der Waals surface area (Å²) in [5, 5.41) is 0. The first-order valence-corrected chi connectivity index (χ1v) is 8.79. The fourth-order valence-electron chi connectivity index (χ4n) is 3.10. The summed E-state index contributed by atoms with van der Waals surface area (Å²) >= 11 is 0. The number of nitrogens with two attached hydrogens (primary N) is 1. The lowest BCUT2D eigenvalue weighted by atomic mass is 10.0.